The molecule has 138 valence electrons. The molecule has 0 bridgehead atoms. The van der Waals surface area contributed by atoms with Gasteiger partial charge in [-0.25, -0.2) is 0 Å². The molecule has 0 spiro atoms. The van der Waals surface area contributed by atoms with E-state index in [1.807, 2.05) is 91.0 Å². The van der Waals surface area contributed by atoms with Crippen molar-refractivity contribution in [2.45, 2.75) is 15.4 Å². The van der Waals surface area contributed by atoms with Crippen molar-refractivity contribution in [3.05, 3.63) is 130 Å². The lowest BCUT2D eigenvalue weighted by Crippen LogP contribution is -2.29. The molecule has 0 unspecified atom stereocenters. The van der Waals surface area contributed by atoms with Crippen LogP contribution < -0.4 is 0 Å². The van der Waals surface area contributed by atoms with E-state index in [2.05, 4.69) is 34.1 Å². The quantitative estimate of drug-likeness (QED) is 0.337. The third kappa shape index (κ3) is 3.79. The molecule has 1 nitrogen and oxygen atoms in total. The first kappa shape index (κ1) is 19.0. The van der Waals surface area contributed by atoms with Crippen LogP contribution in [0.25, 0.3) is 0 Å². The maximum absolute atomic E-state index is 12.1. The van der Waals surface area contributed by atoms with Crippen LogP contribution in [0.1, 0.15) is 16.7 Å². The van der Waals surface area contributed by atoms with E-state index in [4.69, 9.17) is 0 Å². The average molecular weight is 447 g/mol. The highest BCUT2D eigenvalue weighted by Crippen LogP contribution is 2.43. The van der Waals surface area contributed by atoms with Gasteiger partial charge in [0.2, 0.25) is 0 Å². The summed E-state index contributed by atoms with van der Waals surface area (Å²) in [7, 11) is 0. The molecule has 28 heavy (non-hydrogen) atoms. The minimum atomic E-state index is -1.24. The van der Waals surface area contributed by atoms with Crippen LogP contribution in [0.15, 0.2) is 123 Å². The van der Waals surface area contributed by atoms with Gasteiger partial charge in [-0.05, 0) is 35.4 Å². The van der Waals surface area contributed by atoms with Gasteiger partial charge in [0.05, 0.1) is 0 Å². The second-order valence-corrected chi connectivity index (χ2v) is 8.53. The van der Waals surface area contributed by atoms with Crippen LogP contribution >= 0.6 is 27.7 Å². The van der Waals surface area contributed by atoms with Gasteiger partial charge in [-0.15, -0.1) is 0 Å². The smallest absolute Gasteiger partial charge is 0.141 e. The van der Waals surface area contributed by atoms with Gasteiger partial charge >= 0.3 is 0 Å². The molecule has 0 aliphatic heterocycles. The van der Waals surface area contributed by atoms with Crippen molar-refractivity contribution in [2.24, 2.45) is 0 Å². The fourth-order valence-corrected chi connectivity index (χ4v) is 4.96. The van der Waals surface area contributed by atoms with Crippen molar-refractivity contribution < 1.29 is 5.11 Å². The molecule has 4 aromatic rings. The largest absolute Gasteiger partial charge is 0.376 e. The highest BCUT2D eigenvalue weighted by Gasteiger charge is 2.35. The zero-order valence-corrected chi connectivity index (χ0v) is 17.5. The van der Waals surface area contributed by atoms with E-state index in [-0.39, 0.29) is 0 Å². The van der Waals surface area contributed by atoms with Crippen LogP contribution in [-0.4, -0.2) is 5.11 Å². The molecule has 0 amide bonds. The van der Waals surface area contributed by atoms with Crippen LogP contribution in [-0.2, 0) is 5.60 Å². The molecule has 0 aliphatic carbocycles. The molecule has 0 saturated heterocycles. The van der Waals surface area contributed by atoms with Gasteiger partial charge in [0.1, 0.15) is 5.60 Å². The number of aliphatic hydroxyl groups is 1. The molecule has 0 fully saturated rings. The number of benzene rings is 4. The minimum absolute atomic E-state index is 0.850. The molecule has 0 radical (unpaired) electrons. The minimum Gasteiger partial charge on any atom is -0.376 e. The Hall–Kier alpha value is -2.33. The predicted octanol–water partition coefficient (Wildman–Crippen LogP) is 6.88. The summed E-state index contributed by atoms with van der Waals surface area (Å²) >= 11 is 5.20. The second kappa shape index (κ2) is 8.36. The monoisotopic (exact) mass is 446 g/mol. The van der Waals surface area contributed by atoms with E-state index in [0.717, 1.165) is 31.0 Å². The fraction of sp³-hybridized carbons (Fsp3) is 0.0400. The van der Waals surface area contributed by atoms with Gasteiger partial charge in [-0.3, -0.25) is 0 Å². The van der Waals surface area contributed by atoms with E-state index in [0.29, 0.717) is 0 Å². The Morgan fingerprint density at radius 3 is 1.82 bits per heavy atom. The normalized spacial score (nSPS) is 11.4. The van der Waals surface area contributed by atoms with Crippen molar-refractivity contribution in [1.82, 2.24) is 0 Å². The molecule has 0 saturated carbocycles. The molecular formula is C25H19BrOS. The summed E-state index contributed by atoms with van der Waals surface area (Å²) in [5, 5.41) is 12.1. The van der Waals surface area contributed by atoms with Crippen molar-refractivity contribution in [3.63, 3.8) is 0 Å². The molecular weight excluding hydrogens is 428 g/mol. The fourth-order valence-electron chi connectivity index (χ4n) is 3.35. The lowest BCUT2D eigenvalue weighted by Gasteiger charge is -2.31. The first-order valence-electron chi connectivity index (χ1n) is 9.04. The Balaban J connectivity index is 1.89. The van der Waals surface area contributed by atoms with Gasteiger partial charge in [0.25, 0.3) is 0 Å². The highest BCUT2D eigenvalue weighted by atomic mass is 79.9. The third-order valence-corrected chi connectivity index (χ3v) is 6.24. The Morgan fingerprint density at radius 2 is 1.21 bits per heavy atom. The molecule has 4 rings (SSSR count). The summed E-state index contributed by atoms with van der Waals surface area (Å²) in [6.45, 7) is 0. The summed E-state index contributed by atoms with van der Waals surface area (Å²) < 4.78 is 1.04. The van der Waals surface area contributed by atoms with Crippen molar-refractivity contribution in [1.29, 1.82) is 0 Å². The maximum Gasteiger partial charge on any atom is 0.141 e. The van der Waals surface area contributed by atoms with E-state index >= 15 is 0 Å². The topological polar surface area (TPSA) is 20.2 Å². The maximum atomic E-state index is 12.1. The molecule has 0 heterocycles. The van der Waals surface area contributed by atoms with E-state index in [9.17, 15) is 5.11 Å². The Morgan fingerprint density at radius 1 is 0.643 bits per heavy atom. The van der Waals surface area contributed by atoms with Crippen LogP contribution in [0.2, 0.25) is 0 Å². The molecule has 0 atom stereocenters. The molecule has 0 aliphatic rings. The molecule has 1 N–H and O–H groups in total. The van der Waals surface area contributed by atoms with Gasteiger partial charge in [0, 0.05) is 19.8 Å². The molecule has 3 heteroatoms. The Labute approximate surface area is 178 Å². The number of hydrogen-bond acceptors (Lipinski definition) is 2. The second-order valence-electron chi connectivity index (χ2n) is 6.50. The first-order valence-corrected chi connectivity index (χ1v) is 10.7. The molecule has 0 aromatic heterocycles. The van der Waals surface area contributed by atoms with Crippen LogP contribution in [0, 0.1) is 0 Å². The van der Waals surface area contributed by atoms with Crippen molar-refractivity contribution >= 4 is 27.7 Å². The van der Waals surface area contributed by atoms with E-state index < -0.39 is 5.60 Å². The SMILES string of the molecule is OC(c1ccccc1)(c1ccccc1)c1ccccc1Sc1cccc(Br)c1. The summed E-state index contributed by atoms with van der Waals surface area (Å²) in [4.78, 5) is 2.14. The average Bonchev–Trinajstić information content (AvgIpc) is 2.75. The Kier molecular flexibility index (Phi) is 5.67. The van der Waals surface area contributed by atoms with E-state index in [1.165, 1.54) is 0 Å². The summed E-state index contributed by atoms with van der Waals surface area (Å²) in [5.41, 5.74) is 1.34. The zero-order valence-electron chi connectivity index (χ0n) is 15.1. The highest BCUT2D eigenvalue weighted by molar-refractivity contribution is 9.10. The lowest BCUT2D eigenvalue weighted by molar-refractivity contribution is 0.123. The standard InChI is InChI=1S/C25H19BrOS/c26-21-14-9-15-22(18-21)28-24-17-8-7-16-23(24)25(27,19-10-3-1-4-11-19)20-12-5-2-6-13-20/h1-18,27H. The summed E-state index contributed by atoms with van der Waals surface area (Å²) in [6, 6.07) is 36.0. The number of rotatable bonds is 5. The first-order chi connectivity index (χ1) is 13.7. The molecule has 4 aromatic carbocycles. The third-order valence-electron chi connectivity index (χ3n) is 4.68. The van der Waals surface area contributed by atoms with Crippen LogP contribution in [0.5, 0.6) is 0 Å². The Bertz CT molecular complexity index is 1020. The number of hydrogen-bond donors (Lipinski definition) is 1. The van der Waals surface area contributed by atoms with Gasteiger partial charge in [-0.1, -0.05) is 113 Å². The van der Waals surface area contributed by atoms with Crippen molar-refractivity contribution in [2.75, 3.05) is 0 Å². The number of halogens is 1. The van der Waals surface area contributed by atoms with Gasteiger partial charge in [0.15, 0.2) is 0 Å². The summed E-state index contributed by atoms with van der Waals surface area (Å²) in [6.07, 6.45) is 0. The van der Waals surface area contributed by atoms with E-state index in [1.54, 1.807) is 11.8 Å². The van der Waals surface area contributed by atoms with Crippen LogP contribution in [0.4, 0.5) is 0 Å². The van der Waals surface area contributed by atoms with Crippen molar-refractivity contribution in [3.8, 4) is 0 Å². The van der Waals surface area contributed by atoms with Gasteiger partial charge in [-0.2, -0.15) is 0 Å². The summed E-state index contributed by atoms with van der Waals surface area (Å²) in [5.74, 6) is 0. The van der Waals surface area contributed by atoms with Gasteiger partial charge < -0.3 is 5.11 Å². The van der Waals surface area contributed by atoms with Crippen LogP contribution in [0.3, 0.4) is 0 Å². The zero-order chi connectivity index (χ0) is 19.4. The predicted molar refractivity (Wildman–Crippen MR) is 120 cm³/mol. The lowest BCUT2D eigenvalue weighted by atomic mass is 9.80.